The molecule has 0 fully saturated rings. The zero-order chi connectivity index (χ0) is 14.4. The van der Waals surface area contributed by atoms with E-state index in [1.54, 1.807) is 10.6 Å². The van der Waals surface area contributed by atoms with Gasteiger partial charge in [-0.15, -0.1) is 0 Å². The smallest absolute Gasteiger partial charge is 0.545 e. The molecule has 0 radical (unpaired) electrons. The summed E-state index contributed by atoms with van der Waals surface area (Å²) in [5, 5.41) is 20.6. The van der Waals surface area contributed by atoms with Gasteiger partial charge in [0.1, 0.15) is 0 Å². The minimum Gasteiger partial charge on any atom is -0.545 e. The van der Waals surface area contributed by atoms with Crippen LogP contribution in [-0.4, -0.2) is 10.5 Å². The van der Waals surface area contributed by atoms with Crippen molar-refractivity contribution in [1.82, 2.24) is 4.57 Å². The topological polar surface area (TPSA) is 85.9 Å². The second-order valence-electron chi connectivity index (χ2n) is 5.05. The third-order valence-corrected chi connectivity index (χ3v) is 3.93. The summed E-state index contributed by atoms with van der Waals surface area (Å²) < 4.78 is 1.78. The number of aromatic nitrogens is 1. The number of aryl methyl sites for hydroxylation is 1. The van der Waals surface area contributed by atoms with E-state index in [1.165, 1.54) is 12.3 Å². The molecule has 0 spiro atoms. The molecule has 2 aromatic rings. The SMILES string of the molecule is CC1CCc2c(C#N)ccc3c(=O)c(C(=O)[O-])cn1c23.[Na+]. The molecular weight excluding hydrogens is 279 g/mol. The van der Waals surface area contributed by atoms with E-state index in [2.05, 4.69) is 6.07 Å². The number of carbonyl (C=O) groups excluding carboxylic acids is 1. The van der Waals surface area contributed by atoms with Gasteiger partial charge in [0.15, 0.2) is 5.43 Å². The Hall–Kier alpha value is -1.61. The number of carbonyl (C=O) groups is 1. The van der Waals surface area contributed by atoms with Crippen LogP contribution >= 0.6 is 0 Å². The van der Waals surface area contributed by atoms with Gasteiger partial charge in [-0.05, 0) is 37.5 Å². The molecule has 100 valence electrons. The third kappa shape index (κ3) is 2.30. The number of aromatic carboxylic acids is 1. The molecule has 1 unspecified atom stereocenters. The minimum absolute atomic E-state index is 0. The monoisotopic (exact) mass is 290 g/mol. The van der Waals surface area contributed by atoms with E-state index in [1.807, 2.05) is 6.92 Å². The Kier molecular flexibility index (Phi) is 4.24. The van der Waals surface area contributed by atoms with E-state index >= 15 is 0 Å². The molecule has 6 heteroatoms. The Balaban J connectivity index is 0.00000161. The maximum atomic E-state index is 12.2. The van der Waals surface area contributed by atoms with Gasteiger partial charge in [-0.2, -0.15) is 5.26 Å². The first-order valence-electron chi connectivity index (χ1n) is 6.36. The van der Waals surface area contributed by atoms with Crippen molar-refractivity contribution in [2.75, 3.05) is 0 Å². The number of hydrogen-bond donors (Lipinski definition) is 0. The number of carboxylic acids is 1. The summed E-state index contributed by atoms with van der Waals surface area (Å²) in [6, 6.07) is 5.32. The van der Waals surface area contributed by atoms with E-state index in [0.717, 1.165) is 12.0 Å². The largest absolute Gasteiger partial charge is 1.00 e. The van der Waals surface area contributed by atoms with Crippen LogP contribution < -0.4 is 40.1 Å². The third-order valence-electron chi connectivity index (χ3n) is 3.93. The van der Waals surface area contributed by atoms with Gasteiger partial charge in [-0.1, -0.05) is 0 Å². The summed E-state index contributed by atoms with van der Waals surface area (Å²) >= 11 is 0. The van der Waals surface area contributed by atoms with E-state index < -0.39 is 11.4 Å². The minimum atomic E-state index is -1.47. The van der Waals surface area contributed by atoms with E-state index in [9.17, 15) is 14.7 Å². The summed E-state index contributed by atoms with van der Waals surface area (Å²) in [4.78, 5) is 23.3. The molecule has 0 saturated carbocycles. The van der Waals surface area contributed by atoms with Crippen molar-refractivity contribution in [1.29, 1.82) is 5.26 Å². The van der Waals surface area contributed by atoms with Gasteiger partial charge in [-0.3, -0.25) is 4.79 Å². The Bertz CT molecular complexity index is 849. The summed E-state index contributed by atoms with van der Waals surface area (Å²) in [5.41, 5.74) is 1.17. The fraction of sp³-hybridized carbons (Fsp3) is 0.267. The van der Waals surface area contributed by atoms with Crippen LogP contribution in [0.4, 0.5) is 0 Å². The van der Waals surface area contributed by atoms with Gasteiger partial charge in [0.25, 0.3) is 0 Å². The quantitative estimate of drug-likeness (QED) is 0.555. The Morgan fingerprint density at radius 3 is 2.81 bits per heavy atom. The first-order valence-corrected chi connectivity index (χ1v) is 6.36. The molecule has 2 heterocycles. The first kappa shape index (κ1) is 15.8. The van der Waals surface area contributed by atoms with Crippen LogP contribution in [0.1, 0.15) is 40.9 Å². The van der Waals surface area contributed by atoms with Crippen molar-refractivity contribution in [2.24, 2.45) is 0 Å². The number of rotatable bonds is 1. The maximum Gasteiger partial charge on any atom is 1.00 e. The van der Waals surface area contributed by atoms with Gasteiger partial charge in [-0.25, -0.2) is 0 Å². The Labute approximate surface area is 143 Å². The van der Waals surface area contributed by atoms with Gasteiger partial charge < -0.3 is 14.5 Å². The number of benzene rings is 1. The van der Waals surface area contributed by atoms with Crippen molar-refractivity contribution in [3.63, 3.8) is 0 Å². The molecule has 0 aliphatic carbocycles. The zero-order valence-corrected chi connectivity index (χ0v) is 13.8. The number of hydrogen-bond acceptors (Lipinski definition) is 4. The zero-order valence-electron chi connectivity index (χ0n) is 11.8. The van der Waals surface area contributed by atoms with Crippen LogP contribution in [0, 0.1) is 11.3 Å². The van der Waals surface area contributed by atoms with E-state index in [0.29, 0.717) is 22.9 Å². The fourth-order valence-electron chi connectivity index (χ4n) is 2.86. The van der Waals surface area contributed by atoms with Crippen LogP contribution in [0.5, 0.6) is 0 Å². The molecule has 21 heavy (non-hydrogen) atoms. The average Bonchev–Trinajstić information content (AvgIpc) is 2.43. The van der Waals surface area contributed by atoms with Crippen LogP contribution in [0.2, 0.25) is 0 Å². The van der Waals surface area contributed by atoms with Crippen molar-refractivity contribution >= 4 is 16.9 Å². The predicted octanol–water partition coefficient (Wildman–Crippen LogP) is -2.25. The molecule has 3 rings (SSSR count). The van der Waals surface area contributed by atoms with E-state index in [-0.39, 0.29) is 41.2 Å². The molecule has 1 aromatic heterocycles. The number of carboxylic acid groups (broad SMARTS) is 1. The molecule has 0 saturated heterocycles. The molecule has 0 amide bonds. The van der Waals surface area contributed by atoms with Crippen LogP contribution in [0.15, 0.2) is 23.1 Å². The van der Waals surface area contributed by atoms with Gasteiger partial charge >= 0.3 is 29.6 Å². The molecule has 1 atom stereocenters. The Morgan fingerprint density at radius 1 is 1.48 bits per heavy atom. The van der Waals surface area contributed by atoms with Crippen molar-refractivity contribution in [3.05, 3.63) is 45.2 Å². The first-order chi connectivity index (χ1) is 9.54. The number of pyridine rings is 1. The average molecular weight is 290 g/mol. The second-order valence-corrected chi connectivity index (χ2v) is 5.05. The predicted molar refractivity (Wildman–Crippen MR) is 70.3 cm³/mol. The van der Waals surface area contributed by atoms with Crippen molar-refractivity contribution in [2.45, 2.75) is 25.8 Å². The number of nitriles is 1. The molecule has 0 N–H and O–H groups in total. The molecule has 1 aliphatic rings. The van der Waals surface area contributed by atoms with Crippen molar-refractivity contribution < 1.29 is 39.5 Å². The molecule has 5 nitrogen and oxygen atoms in total. The van der Waals surface area contributed by atoms with Gasteiger partial charge in [0, 0.05) is 17.6 Å². The normalized spacial score (nSPS) is 16.1. The van der Waals surface area contributed by atoms with Crippen LogP contribution in [-0.2, 0) is 6.42 Å². The second kappa shape index (κ2) is 5.64. The van der Waals surface area contributed by atoms with Crippen molar-refractivity contribution in [3.8, 4) is 6.07 Å². The molecule has 1 aliphatic heterocycles. The van der Waals surface area contributed by atoms with Crippen LogP contribution in [0.25, 0.3) is 10.9 Å². The fourth-order valence-corrected chi connectivity index (χ4v) is 2.86. The Morgan fingerprint density at radius 2 is 2.19 bits per heavy atom. The maximum absolute atomic E-state index is 12.2. The standard InChI is InChI=1S/C15H12N2O3.Na/c1-8-2-4-10-9(6-16)3-5-11-13(10)17(8)7-12(14(11)18)15(19)20;/h3,5,7-8H,2,4H2,1H3,(H,19,20);/q;+1/p-1. The van der Waals surface area contributed by atoms with Gasteiger partial charge in [0.2, 0.25) is 0 Å². The van der Waals surface area contributed by atoms with Crippen LogP contribution in [0.3, 0.4) is 0 Å². The summed E-state index contributed by atoms with van der Waals surface area (Å²) in [6.07, 6.45) is 2.86. The molecular formula is C15H11N2NaO3. The molecule has 1 aromatic carbocycles. The van der Waals surface area contributed by atoms with E-state index in [4.69, 9.17) is 5.26 Å². The molecule has 0 bridgehead atoms. The van der Waals surface area contributed by atoms with Gasteiger partial charge in [0.05, 0.1) is 28.7 Å². The summed E-state index contributed by atoms with van der Waals surface area (Å²) in [7, 11) is 0. The summed E-state index contributed by atoms with van der Waals surface area (Å²) in [5.74, 6) is -1.47. The number of nitrogens with zero attached hydrogens (tertiary/aromatic N) is 2. The summed E-state index contributed by atoms with van der Waals surface area (Å²) in [6.45, 7) is 1.96.